The van der Waals surface area contributed by atoms with E-state index in [0.29, 0.717) is 0 Å². The topological polar surface area (TPSA) is 55.2 Å². The summed E-state index contributed by atoms with van der Waals surface area (Å²) >= 11 is 0. The number of nitrogens with one attached hydrogen (secondary N) is 1. The van der Waals surface area contributed by atoms with Crippen molar-refractivity contribution in [3.05, 3.63) is 33.9 Å². The highest BCUT2D eigenvalue weighted by molar-refractivity contribution is 5.55. The van der Waals surface area contributed by atoms with E-state index in [2.05, 4.69) is 11.2 Å². The number of nitro groups is 1. The number of non-ortho nitro benzene ring substituents is 1. The highest BCUT2D eigenvalue weighted by atomic mass is 16.6. The fourth-order valence-corrected chi connectivity index (χ4v) is 1.37. The molecule has 0 aliphatic heterocycles. The molecule has 1 aromatic rings. The number of terminal acetylenes is 1. The van der Waals surface area contributed by atoms with E-state index >= 15 is 0 Å². The second kappa shape index (κ2) is 5.76. The van der Waals surface area contributed by atoms with Crippen LogP contribution >= 0.6 is 0 Å². The van der Waals surface area contributed by atoms with Crippen LogP contribution < -0.4 is 5.32 Å². The van der Waals surface area contributed by atoms with Crippen molar-refractivity contribution in [2.45, 2.75) is 19.8 Å². The van der Waals surface area contributed by atoms with E-state index in [1.807, 2.05) is 6.92 Å². The molecule has 0 bridgehead atoms. The third-order valence-electron chi connectivity index (χ3n) is 2.23. The molecule has 0 aliphatic carbocycles. The Hall–Kier alpha value is -2.02. The van der Waals surface area contributed by atoms with Crippen LogP contribution in [0.3, 0.4) is 0 Å². The first-order valence-electron chi connectivity index (χ1n) is 5.07. The van der Waals surface area contributed by atoms with Crippen LogP contribution in [0.15, 0.2) is 18.2 Å². The number of aryl methyl sites for hydroxylation is 1. The molecule has 4 heteroatoms. The average Bonchev–Trinajstić information content (AvgIpc) is 2.26. The monoisotopic (exact) mass is 218 g/mol. The quantitative estimate of drug-likeness (QED) is 0.358. The summed E-state index contributed by atoms with van der Waals surface area (Å²) in [6, 6.07) is 4.78. The molecule has 0 heterocycles. The maximum absolute atomic E-state index is 10.5. The lowest BCUT2D eigenvalue weighted by atomic mass is 10.1. The van der Waals surface area contributed by atoms with Crippen molar-refractivity contribution in [1.82, 2.24) is 0 Å². The highest BCUT2D eigenvalue weighted by Gasteiger charge is 2.07. The molecule has 0 amide bonds. The second-order valence-electron chi connectivity index (χ2n) is 3.49. The fraction of sp³-hybridized carbons (Fsp3) is 0.333. The van der Waals surface area contributed by atoms with Crippen LogP contribution in [0.4, 0.5) is 11.4 Å². The van der Waals surface area contributed by atoms with Crippen molar-refractivity contribution in [3.8, 4) is 12.3 Å². The summed E-state index contributed by atoms with van der Waals surface area (Å²) in [5, 5.41) is 13.7. The van der Waals surface area contributed by atoms with Crippen molar-refractivity contribution in [3.63, 3.8) is 0 Å². The minimum Gasteiger partial charge on any atom is -0.385 e. The van der Waals surface area contributed by atoms with Gasteiger partial charge in [0.2, 0.25) is 0 Å². The van der Waals surface area contributed by atoms with Gasteiger partial charge in [-0.15, -0.1) is 12.3 Å². The molecular weight excluding hydrogens is 204 g/mol. The molecule has 1 aromatic carbocycles. The lowest BCUT2D eigenvalue weighted by Crippen LogP contribution is -2.03. The normalized spacial score (nSPS) is 9.50. The van der Waals surface area contributed by atoms with Gasteiger partial charge in [0.1, 0.15) is 0 Å². The Labute approximate surface area is 94.8 Å². The van der Waals surface area contributed by atoms with Gasteiger partial charge >= 0.3 is 0 Å². The molecule has 0 aromatic heterocycles. The Balaban J connectivity index is 2.62. The molecule has 0 unspecified atom stereocenters. The molecule has 84 valence electrons. The van der Waals surface area contributed by atoms with Gasteiger partial charge in [0.05, 0.1) is 4.92 Å². The molecule has 1 N–H and O–H groups in total. The molecule has 16 heavy (non-hydrogen) atoms. The lowest BCUT2D eigenvalue weighted by molar-refractivity contribution is -0.384. The van der Waals surface area contributed by atoms with Gasteiger partial charge in [0.25, 0.3) is 5.69 Å². The van der Waals surface area contributed by atoms with Crippen LogP contribution in [0.2, 0.25) is 0 Å². The molecule has 0 saturated heterocycles. The summed E-state index contributed by atoms with van der Waals surface area (Å²) in [6.45, 7) is 2.62. The van der Waals surface area contributed by atoms with E-state index in [0.717, 1.165) is 30.6 Å². The number of nitro benzene ring substituents is 1. The number of unbranched alkanes of at least 4 members (excludes halogenated alkanes) is 1. The third-order valence-corrected chi connectivity index (χ3v) is 2.23. The highest BCUT2D eigenvalue weighted by Crippen LogP contribution is 2.20. The molecule has 0 radical (unpaired) electrons. The number of hydrogen-bond donors (Lipinski definition) is 1. The van der Waals surface area contributed by atoms with E-state index in [1.54, 1.807) is 12.1 Å². The largest absolute Gasteiger partial charge is 0.385 e. The van der Waals surface area contributed by atoms with Crippen LogP contribution in [-0.4, -0.2) is 11.5 Å². The number of hydrogen-bond acceptors (Lipinski definition) is 3. The Morgan fingerprint density at radius 3 is 2.88 bits per heavy atom. The minimum atomic E-state index is -0.394. The summed E-state index contributed by atoms with van der Waals surface area (Å²) in [6.07, 6.45) is 6.77. The molecule has 0 saturated carbocycles. The second-order valence-corrected chi connectivity index (χ2v) is 3.49. The van der Waals surface area contributed by atoms with Gasteiger partial charge in [0, 0.05) is 30.8 Å². The maximum Gasteiger partial charge on any atom is 0.269 e. The van der Waals surface area contributed by atoms with Gasteiger partial charge in [-0.2, -0.15) is 0 Å². The molecule has 0 fully saturated rings. The van der Waals surface area contributed by atoms with Gasteiger partial charge < -0.3 is 5.32 Å². The molecule has 1 rings (SSSR count). The van der Waals surface area contributed by atoms with E-state index in [4.69, 9.17) is 6.42 Å². The van der Waals surface area contributed by atoms with Crippen LogP contribution in [0.1, 0.15) is 18.4 Å². The zero-order chi connectivity index (χ0) is 12.0. The Morgan fingerprint density at radius 2 is 2.31 bits per heavy atom. The number of rotatable bonds is 5. The number of benzene rings is 1. The van der Waals surface area contributed by atoms with Crippen LogP contribution in [0.5, 0.6) is 0 Å². The molecule has 4 nitrogen and oxygen atoms in total. The summed E-state index contributed by atoms with van der Waals surface area (Å²) in [5.74, 6) is 2.56. The van der Waals surface area contributed by atoms with Crippen LogP contribution in [0, 0.1) is 29.4 Å². The Morgan fingerprint density at radius 1 is 1.56 bits per heavy atom. The predicted octanol–water partition coefficient (Wildman–Crippen LogP) is 2.73. The summed E-state index contributed by atoms with van der Waals surface area (Å²) < 4.78 is 0. The van der Waals surface area contributed by atoms with Gasteiger partial charge in [-0.1, -0.05) is 0 Å². The van der Waals surface area contributed by atoms with E-state index < -0.39 is 4.92 Å². The summed E-state index contributed by atoms with van der Waals surface area (Å²) in [5.41, 5.74) is 1.91. The smallest absolute Gasteiger partial charge is 0.269 e. The Kier molecular flexibility index (Phi) is 4.34. The first-order valence-corrected chi connectivity index (χ1v) is 5.07. The number of anilines is 1. The van der Waals surface area contributed by atoms with Gasteiger partial charge in [-0.25, -0.2) is 0 Å². The SMILES string of the molecule is C#CCCCNc1ccc([N+](=O)[O-])cc1C. The van der Waals surface area contributed by atoms with E-state index in [9.17, 15) is 10.1 Å². The molecular formula is C12H14N2O2. The number of nitrogens with zero attached hydrogens (tertiary/aromatic N) is 1. The predicted molar refractivity (Wildman–Crippen MR) is 64.4 cm³/mol. The van der Waals surface area contributed by atoms with Gasteiger partial charge in [-0.3, -0.25) is 10.1 Å². The van der Waals surface area contributed by atoms with Crippen LogP contribution in [0.25, 0.3) is 0 Å². The first-order chi connectivity index (χ1) is 7.65. The molecule has 0 atom stereocenters. The average molecular weight is 218 g/mol. The summed E-state index contributed by atoms with van der Waals surface area (Å²) in [4.78, 5) is 10.1. The standard InChI is InChI=1S/C12H14N2O2/c1-3-4-5-8-13-12-7-6-11(14(15)16)9-10(12)2/h1,6-7,9,13H,4-5,8H2,2H3. The zero-order valence-electron chi connectivity index (χ0n) is 9.19. The summed E-state index contributed by atoms with van der Waals surface area (Å²) in [7, 11) is 0. The van der Waals surface area contributed by atoms with Gasteiger partial charge in [0.15, 0.2) is 0 Å². The molecule has 0 aliphatic rings. The zero-order valence-corrected chi connectivity index (χ0v) is 9.19. The van der Waals surface area contributed by atoms with Crippen molar-refractivity contribution in [1.29, 1.82) is 0 Å². The maximum atomic E-state index is 10.5. The minimum absolute atomic E-state index is 0.117. The van der Waals surface area contributed by atoms with E-state index in [1.165, 1.54) is 6.07 Å². The van der Waals surface area contributed by atoms with Crippen molar-refractivity contribution < 1.29 is 4.92 Å². The van der Waals surface area contributed by atoms with Gasteiger partial charge in [-0.05, 0) is 25.0 Å². The Bertz CT molecular complexity index is 422. The fourth-order valence-electron chi connectivity index (χ4n) is 1.37. The lowest BCUT2D eigenvalue weighted by Gasteiger charge is -2.08. The third kappa shape index (κ3) is 3.28. The van der Waals surface area contributed by atoms with Crippen LogP contribution in [-0.2, 0) is 0 Å². The van der Waals surface area contributed by atoms with Crippen molar-refractivity contribution >= 4 is 11.4 Å². The van der Waals surface area contributed by atoms with Crippen molar-refractivity contribution in [2.75, 3.05) is 11.9 Å². The first kappa shape index (κ1) is 12.1. The molecule has 0 spiro atoms. The van der Waals surface area contributed by atoms with E-state index in [-0.39, 0.29) is 5.69 Å². The van der Waals surface area contributed by atoms with Crippen molar-refractivity contribution in [2.24, 2.45) is 0 Å².